The van der Waals surface area contributed by atoms with Gasteiger partial charge in [-0.15, -0.1) is 12.4 Å². The second-order valence-electron chi connectivity index (χ2n) is 9.82. The number of guanidine groups is 1. The average Bonchev–Trinajstić information content (AvgIpc) is 2.83. The molecular weight excluding hydrogens is 476 g/mol. The van der Waals surface area contributed by atoms with Crippen molar-refractivity contribution in [2.75, 3.05) is 13.2 Å². The molecule has 0 aliphatic heterocycles. The highest BCUT2D eigenvalue weighted by atomic mass is 35.5. The molecule has 36 heavy (non-hydrogen) atoms. The molecule has 7 nitrogen and oxygen atoms in total. The Hall–Kier alpha value is -1.50. The van der Waals surface area contributed by atoms with Crippen LogP contribution in [0.15, 0.2) is 0 Å². The van der Waals surface area contributed by atoms with E-state index in [4.69, 9.17) is 15.9 Å². The number of ether oxygens (including phenoxy) is 1. The molecule has 0 aromatic rings. The zero-order valence-corrected chi connectivity index (χ0v) is 24.2. The number of nitrogens with two attached hydrogens (primary N) is 1. The number of esters is 1. The number of nitrogens with one attached hydrogen (secondary N) is 3. The zero-order chi connectivity index (χ0) is 26.0. The summed E-state index contributed by atoms with van der Waals surface area (Å²) in [5.74, 6) is -0.532. The molecule has 0 fully saturated rings. The molecule has 0 unspecified atom stereocenters. The van der Waals surface area contributed by atoms with Crippen LogP contribution in [0.5, 0.6) is 0 Å². The molecule has 1 amide bonds. The third-order valence-corrected chi connectivity index (χ3v) is 6.35. The molecule has 0 aromatic heterocycles. The van der Waals surface area contributed by atoms with Crippen molar-refractivity contribution in [3.63, 3.8) is 0 Å². The van der Waals surface area contributed by atoms with Gasteiger partial charge in [-0.05, 0) is 25.7 Å². The number of hydrogen-bond acceptors (Lipinski definition) is 4. The van der Waals surface area contributed by atoms with Gasteiger partial charge in [-0.2, -0.15) is 0 Å². The summed E-state index contributed by atoms with van der Waals surface area (Å²) >= 11 is 0. The first kappa shape index (κ1) is 36.7. The van der Waals surface area contributed by atoms with Crippen molar-refractivity contribution < 1.29 is 14.3 Å². The Morgan fingerprint density at radius 2 is 1.22 bits per heavy atom. The van der Waals surface area contributed by atoms with Crippen LogP contribution >= 0.6 is 12.4 Å². The third kappa shape index (κ3) is 25.6. The summed E-state index contributed by atoms with van der Waals surface area (Å²) in [6.45, 7) is 5.32. The lowest BCUT2D eigenvalue weighted by atomic mass is 10.1. The van der Waals surface area contributed by atoms with Gasteiger partial charge in [-0.3, -0.25) is 10.2 Å². The Balaban J connectivity index is 0. The zero-order valence-electron chi connectivity index (χ0n) is 23.3. The van der Waals surface area contributed by atoms with Crippen LogP contribution in [0.4, 0.5) is 0 Å². The van der Waals surface area contributed by atoms with Gasteiger partial charge in [0, 0.05) is 13.0 Å². The number of rotatable bonds is 25. The van der Waals surface area contributed by atoms with E-state index < -0.39 is 6.04 Å². The maximum atomic E-state index is 12.6. The van der Waals surface area contributed by atoms with Crippen molar-refractivity contribution in [2.45, 2.75) is 148 Å². The van der Waals surface area contributed by atoms with E-state index >= 15 is 0 Å². The maximum Gasteiger partial charge on any atom is 0.328 e. The van der Waals surface area contributed by atoms with Crippen LogP contribution in [0.1, 0.15) is 142 Å². The van der Waals surface area contributed by atoms with E-state index in [9.17, 15) is 9.59 Å². The van der Waals surface area contributed by atoms with Gasteiger partial charge in [0.15, 0.2) is 5.96 Å². The number of amides is 1. The van der Waals surface area contributed by atoms with Crippen molar-refractivity contribution in [2.24, 2.45) is 5.73 Å². The summed E-state index contributed by atoms with van der Waals surface area (Å²) < 4.78 is 5.49. The standard InChI is InChI=1S/C28H56N4O3.ClH/c1-3-5-7-9-10-11-12-13-14-15-17-19-24-35-27(34)25(21-20-23-31-28(29)30)32-26(33)22-18-16-8-6-4-2;/h25H,3-24H2,1-2H3,(H,32,33)(H4,29,30,31);1H/t25-;/m0./s1. The molecule has 0 spiro atoms. The highest BCUT2D eigenvalue weighted by molar-refractivity contribution is 5.85. The molecule has 8 heteroatoms. The molecular formula is C28H57ClN4O3. The summed E-state index contributed by atoms with van der Waals surface area (Å²) in [5.41, 5.74) is 5.31. The molecule has 1 atom stereocenters. The number of halogens is 1. The monoisotopic (exact) mass is 532 g/mol. The Labute approximate surface area is 227 Å². The normalized spacial score (nSPS) is 11.4. The molecule has 0 heterocycles. The van der Waals surface area contributed by atoms with Crippen LogP contribution in [-0.2, 0) is 14.3 Å². The van der Waals surface area contributed by atoms with E-state index in [2.05, 4.69) is 24.5 Å². The molecule has 0 radical (unpaired) electrons. The lowest BCUT2D eigenvalue weighted by Gasteiger charge is -2.18. The van der Waals surface area contributed by atoms with Gasteiger partial charge in [0.05, 0.1) is 6.61 Å². The van der Waals surface area contributed by atoms with Gasteiger partial charge in [0.2, 0.25) is 5.91 Å². The third-order valence-electron chi connectivity index (χ3n) is 6.35. The molecule has 0 rings (SSSR count). The average molecular weight is 533 g/mol. The van der Waals surface area contributed by atoms with Crippen molar-refractivity contribution in [3.8, 4) is 0 Å². The van der Waals surface area contributed by atoms with E-state index in [-0.39, 0.29) is 30.2 Å². The van der Waals surface area contributed by atoms with E-state index in [0.29, 0.717) is 32.4 Å². The van der Waals surface area contributed by atoms with Gasteiger partial charge in [-0.1, -0.05) is 110 Å². The van der Waals surface area contributed by atoms with Crippen molar-refractivity contribution in [1.29, 1.82) is 5.41 Å². The molecule has 5 N–H and O–H groups in total. The highest BCUT2D eigenvalue weighted by Crippen LogP contribution is 2.12. The molecule has 214 valence electrons. The van der Waals surface area contributed by atoms with E-state index in [1.807, 2.05) is 0 Å². The minimum Gasteiger partial charge on any atom is -0.464 e. The molecule has 0 saturated carbocycles. The van der Waals surface area contributed by atoms with Gasteiger partial charge >= 0.3 is 5.97 Å². The number of hydrogen-bond donors (Lipinski definition) is 4. The largest absolute Gasteiger partial charge is 0.464 e. The molecule has 0 bridgehead atoms. The van der Waals surface area contributed by atoms with Crippen LogP contribution in [0.3, 0.4) is 0 Å². The Bertz CT molecular complexity index is 535. The fourth-order valence-corrected chi connectivity index (χ4v) is 4.15. The van der Waals surface area contributed by atoms with Gasteiger partial charge in [0.1, 0.15) is 6.04 Å². The lowest BCUT2D eigenvalue weighted by molar-refractivity contribution is -0.148. The van der Waals surface area contributed by atoms with E-state index in [0.717, 1.165) is 32.1 Å². The van der Waals surface area contributed by atoms with Crippen molar-refractivity contribution >= 4 is 30.2 Å². The Morgan fingerprint density at radius 3 is 1.72 bits per heavy atom. The van der Waals surface area contributed by atoms with E-state index in [1.54, 1.807) is 0 Å². The van der Waals surface area contributed by atoms with Crippen LogP contribution in [-0.4, -0.2) is 37.0 Å². The number of carbonyl (C=O) groups is 2. The number of unbranched alkanes of at least 4 members (excludes halogenated alkanes) is 15. The fourth-order valence-electron chi connectivity index (χ4n) is 4.15. The van der Waals surface area contributed by atoms with Crippen molar-refractivity contribution in [3.05, 3.63) is 0 Å². The summed E-state index contributed by atoms with van der Waals surface area (Å²) in [6, 6.07) is -0.635. The highest BCUT2D eigenvalue weighted by Gasteiger charge is 2.21. The second kappa shape index (κ2) is 28.1. The van der Waals surface area contributed by atoms with Gasteiger partial charge < -0.3 is 21.1 Å². The number of carbonyl (C=O) groups excluding carboxylic acids is 2. The summed E-state index contributed by atoms with van der Waals surface area (Å²) in [6.07, 6.45) is 22.1. The minimum atomic E-state index is -0.635. The molecule has 0 aliphatic carbocycles. The van der Waals surface area contributed by atoms with Crippen LogP contribution in [0, 0.1) is 5.41 Å². The Kier molecular flexibility index (Phi) is 28.6. The molecule has 0 saturated heterocycles. The first-order valence-electron chi connectivity index (χ1n) is 14.5. The fraction of sp³-hybridized carbons (Fsp3) is 0.893. The minimum absolute atomic E-state index is 0. The summed E-state index contributed by atoms with van der Waals surface area (Å²) in [4.78, 5) is 24.9. The van der Waals surface area contributed by atoms with Crippen LogP contribution in [0.2, 0.25) is 0 Å². The second-order valence-corrected chi connectivity index (χ2v) is 9.82. The van der Waals surface area contributed by atoms with Crippen molar-refractivity contribution in [1.82, 2.24) is 10.6 Å². The SMILES string of the molecule is CCCCCCCCCCCCCCOC(=O)[C@H](CCCNC(=N)N)NC(=O)CCCCCCC.Cl. The van der Waals surface area contributed by atoms with Gasteiger partial charge in [-0.25, -0.2) is 4.79 Å². The summed E-state index contributed by atoms with van der Waals surface area (Å²) in [5, 5.41) is 12.8. The quantitative estimate of drug-likeness (QED) is 0.0448. The Morgan fingerprint density at radius 1 is 0.750 bits per heavy atom. The van der Waals surface area contributed by atoms with Crippen LogP contribution < -0.4 is 16.4 Å². The molecule has 0 aromatic carbocycles. The van der Waals surface area contributed by atoms with Crippen LogP contribution in [0.25, 0.3) is 0 Å². The maximum absolute atomic E-state index is 12.6. The summed E-state index contributed by atoms with van der Waals surface area (Å²) in [7, 11) is 0. The topological polar surface area (TPSA) is 117 Å². The predicted molar refractivity (Wildman–Crippen MR) is 154 cm³/mol. The van der Waals surface area contributed by atoms with Gasteiger partial charge in [0.25, 0.3) is 0 Å². The first-order valence-corrected chi connectivity index (χ1v) is 14.5. The first-order chi connectivity index (χ1) is 17.0. The smallest absolute Gasteiger partial charge is 0.328 e. The molecule has 0 aliphatic rings. The predicted octanol–water partition coefficient (Wildman–Crippen LogP) is 6.76. The van der Waals surface area contributed by atoms with E-state index in [1.165, 1.54) is 77.0 Å². The lowest BCUT2D eigenvalue weighted by Crippen LogP contribution is -2.42.